The Bertz CT molecular complexity index is 762. The summed E-state index contributed by atoms with van der Waals surface area (Å²) in [6, 6.07) is 7.55. The molecule has 0 aliphatic carbocycles. The molecule has 2 saturated heterocycles. The Hall–Kier alpha value is -2.32. The minimum atomic E-state index is -0.0699. The first kappa shape index (κ1) is 13.4. The SMILES string of the molecule is N#Cc1coc2ccc(C(=O)NC3CC4CCN(C4)C3)cc12. The maximum Gasteiger partial charge on any atom is 0.251 e. The van der Waals surface area contributed by atoms with E-state index in [1.807, 2.05) is 0 Å². The summed E-state index contributed by atoms with van der Waals surface area (Å²) in [5.41, 5.74) is 1.68. The van der Waals surface area contributed by atoms with Crippen LogP contribution in [0.3, 0.4) is 0 Å². The first-order valence-corrected chi connectivity index (χ1v) is 7.67. The van der Waals surface area contributed by atoms with Crippen LogP contribution in [0, 0.1) is 17.2 Å². The van der Waals surface area contributed by atoms with Crippen molar-refractivity contribution in [2.24, 2.45) is 5.92 Å². The molecular formula is C17H17N3O2. The van der Waals surface area contributed by atoms with Crippen LogP contribution < -0.4 is 5.32 Å². The van der Waals surface area contributed by atoms with Gasteiger partial charge in [-0.25, -0.2) is 0 Å². The van der Waals surface area contributed by atoms with Gasteiger partial charge in [0.15, 0.2) is 0 Å². The van der Waals surface area contributed by atoms with Crippen molar-refractivity contribution >= 4 is 16.9 Å². The number of furan rings is 1. The van der Waals surface area contributed by atoms with Gasteiger partial charge in [-0.2, -0.15) is 5.26 Å². The molecule has 0 radical (unpaired) electrons. The third kappa shape index (κ3) is 2.26. The van der Waals surface area contributed by atoms with Crippen molar-refractivity contribution in [3.63, 3.8) is 0 Å². The van der Waals surface area contributed by atoms with Gasteiger partial charge < -0.3 is 14.6 Å². The molecule has 2 aliphatic heterocycles. The van der Waals surface area contributed by atoms with Crippen LogP contribution in [0.15, 0.2) is 28.9 Å². The highest BCUT2D eigenvalue weighted by atomic mass is 16.3. The molecule has 3 heterocycles. The molecule has 4 rings (SSSR count). The molecule has 2 aliphatic rings. The minimum absolute atomic E-state index is 0.0699. The van der Waals surface area contributed by atoms with E-state index in [0.29, 0.717) is 22.1 Å². The molecule has 5 heteroatoms. The average Bonchev–Trinajstić information content (AvgIpc) is 3.09. The van der Waals surface area contributed by atoms with Crippen LogP contribution in [0.5, 0.6) is 0 Å². The van der Waals surface area contributed by atoms with Crippen molar-refractivity contribution in [3.05, 3.63) is 35.6 Å². The summed E-state index contributed by atoms with van der Waals surface area (Å²) in [5.74, 6) is 0.653. The Morgan fingerprint density at radius 2 is 2.32 bits per heavy atom. The number of benzene rings is 1. The lowest BCUT2D eigenvalue weighted by atomic mass is 9.96. The van der Waals surface area contributed by atoms with Crippen LogP contribution in [0.1, 0.15) is 28.8 Å². The third-order valence-electron chi connectivity index (χ3n) is 4.76. The number of nitrogens with one attached hydrogen (secondary N) is 1. The van der Waals surface area contributed by atoms with E-state index in [1.54, 1.807) is 18.2 Å². The van der Waals surface area contributed by atoms with E-state index >= 15 is 0 Å². The van der Waals surface area contributed by atoms with Crippen LogP contribution in [0.25, 0.3) is 11.0 Å². The highest BCUT2D eigenvalue weighted by molar-refractivity contribution is 5.99. The second-order valence-electron chi connectivity index (χ2n) is 6.29. The van der Waals surface area contributed by atoms with Crippen LogP contribution in [-0.2, 0) is 0 Å². The fourth-order valence-electron chi connectivity index (χ4n) is 3.69. The first-order valence-electron chi connectivity index (χ1n) is 7.67. The first-order chi connectivity index (χ1) is 10.7. The molecule has 1 aromatic carbocycles. The molecule has 1 aromatic heterocycles. The molecule has 2 aromatic rings. The van der Waals surface area contributed by atoms with Gasteiger partial charge in [0.25, 0.3) is 5.91 Å². The highest BCUT2D eigenvalue weighted by Crippen LogP contribution is 2.27. The van der Waals surface area contributed by atoms with Gasteiger partial charge in [0, 0.05) is 30.1 Å². The number of hydrogen-bond donors (Lipinski definition) is 1. The van der Waals surface area contributed by atoms with Gasteiger partial charge in [-0.05, 0) is 43.5 Å². The largest absolute Gasteiger partial charge is 0.463 e. The van der Waals surface area contributed by atoms with Crippen molar-refractivity contribution in [1.29, 1.82) is 5.26 Å². The van der Waals surface area contributed by atoms with Gasteiger partial charge in [-0.15, -0.1) is 0 Å². The van der Waals surface area contributed by atoms with Gasteiger partial charge in [0.1, 0.15) is 17.9 Å². The zero-order valence-corrected chi connectivity index (χ0v) is 12.2. The predicted octanol–water partition coefficient (Wildman–Crippen LogP) is 2.13. The number of nitrogens with zero attached hydrogens (tertiary/aromatic N) is 2. The van der Waals surface area contributed by atoms with Gasteiger partial charge in [0.2, 0.25) is 0 Å². The van der Waals surface area contributed by atoms with E-state index in [-0.39, 0.29) is 11.9 Å². The Kier molecular flexibility index (Phi) is 3.12. The summed E-state index contributed by atoms with van der Waals surface area (Å²) in [4.78, 5) is 14.9. The van der Waals surface area contributed by atoms with Crippen LogP contribution in [-0.4, -0.2) is 36.5 Å². The number of carbonyl (C=O) groups is 1. The van der Waals surface area contributed by atoms with E-state index < -0.39 is 0 Å². The normalized spacial score (nSPS) is 26.8. The van der Waals surface area contributed by atoms with Crippen LogP contribution >= 0.6 is 0 Å². The van der Waals surface area contributed by atoms with E-state index in [4.69, 9.17) is 9.68 Å². The quantitative estimate of drug-likeness (QED) is 0.921. The third-order valence-corrected chi connectivity index (χ3v) is 4.76. The maximum atomic E-state index is 12.5. The molecule has 22 heavy (non-hydrogen) atoms. The molecule has 1 N–H and O–H groups in total. The van der Waals surface area contributed by atoms with Gasteiger partial charge in [0.05, 0.1) is 5.56 Å². The Morgan fingerprint density at radius 3 is 3.14 bits per heavy atom. The zero-order valence-electron chi connectivity index (χ0n) is 12.2. The Morgan fingerprint density at radius 1 is 1.41 bits per heavy atom. The highest BCUT2D eigenvalue weighted by Gasteiger charge is 2.33. The van der Waals surface area contributed by atoms with Crippen molar-refractivity contribution in [2.75, 3.05) is 19.6 Å². The fourth-order valence-corrected chi connectivity index (χ4v) is 3.69. The molecule has 3 unspecified atom stereocenters. The Labute approximate surface area is 128 Å². The average molecular weight is 295 g/mol. The lowest BCUT2D eigenvalue weighted by Gasteiger charge is -2.30. The topological polar surface area (TPSA) is 69.3 Å². The second-order valence-corrected chi connectivity index (χ2v) is 6.29. The smallest absolute Gasteiger partial charge is 0.251 e. The number of amides is 1. The Balaban J connectivity index is 1.54. The molecule has 2 fully saturated rings. The van der Waals surface area contributed by atoms with Crippen molar-refractivity contribution in [3.8, 4) is 6.07 Å². The van der Waals surface area contributed by atoms with Crippen LogP contribution in [0.4, 0.5) is 0 Å². The van der Waals surface area contributed by atoms with E-state index in [1.165, 1.54) is 19.2 Å². The van der Waals surface area contributed by atoms with E-state index in [9.17, 15) is 4.79 Å². The summed E-state index contributed by atoms with van der Waals surface area (Å²) in [6.45, 7) is 3.28. The lowest BCUT2D eigenvalue weighted by Crippen LogP contribution is -2.47. The monoisotopic (exact) mass is 295 g/mol. The molecule has 0 spiro atoms. The number of rotatable bonds is 2. The number of piperidine rings is 1. The zero-order chi connectivity index (χ0) is 15.1. The van der Waals surface area contributed by atoms with Crippen LogP contribution in [0.2, 0.25) is 0 Å². The van der Waals surface area contributed by atoms with Gasteiger partial charge in [-0.1, -0.05) is 0 Å². The molecule has 112 valence electrons. The summed E-state index contributed by atoms with van der Waals surface area (Å²) in [7, 11) is 0. The fraction of sp³-hybridized carbons (Fsp3) is 0.412. The summed E-state index contributed by atoms with van der Waals surface area (Å²) in [6.07, 6.45) is 3.75. The van der Waals surface area contributed by atoms with Gasteiger partial charge >= 0.3 is 0 Å². The molecule has 3 atom stereocenters. The molecule has 1 amide bonds. The molecule has 2 bridgehead atoms. The number of hydrogen-bond acceptors (Lipinski definition) is 4. The number of fused-ring (bicyclic) bond motifs is 3. The predicted molar refractivity (Wildman–Crippen MR) is 81.3 cm³/mol. The van der Waals surface area contributed by atoms with E-state index in [2.05, 4.69) is 16.3 Å². The lowest BCUT2D eigenvalue weighted by molar-refractivity contribution is 0.0909. The molecule has 0 saturated carbocycles. The second kappa shape index (κ2) is 5.15. The molecular weight excluding hydrogens is 278 g/mol. The summed E-state index contributed by atoms with van der Waals surface area (Å²) in [5, 5.41) is 12.9. The van der Waals surface area contributed by atoms with Crippen molar-refractivity contribution in [2.45, 2.75) is 18.9 Å². The molecule has 5 nitrogen and oxygen atoms in total. The standard InChI is InChI=1S/C17H17N3O2/c18-7-13-10-22-16-2-1-12(6-15(13)16)17(21)19-14-5-11-3-4-20(8-11)9-14/h1-2,6,10-11,14H,3-5,8-9H2,(H,19,21). The summed E-state index contributed by atoms with van der Waals surface area (Å²) < 4.78 is 5.30. The van der Waals surface area contributed by atoms with E-state index in [0.717, 1.165) is 25.4 Å². The summed E-state index contributed by atoms with van der Waals surface area (Å²) >= 11 is 0. The number of nitriles is 1. The maximum absolute atomic E-state index is 12.5. The number of carbonyl (C=O) groups excluding carboxylic acids is 1. The van der Waals surface area contributed by atoms with Crippen molar-refractivity contribution in [1.82, 2.24) is 10.2 Å². The van der Waals surface area contributed by atoms with Crippen molar-refractivity contribution < 1.29 is 9.21 Å². The minimum Gasteiger partial charge on any atom is -0.463 e. The van der Waals surface area contributed by atoms with Gasteiger partial charge in [-0.3, -0.25) is 4.79 Å².